The van der Waals surface area contributed by atoms with Crippen molar-refractivity contribution in [1.82, 2.24) is 19.7 Å². The molecule has 1 aromatic heterocycles. The van der Waals surface area contributed by atoms with Crippen LogP contribution in [-0.2, 0) is 11.3 Å². The Kier molecular flexibility index (Phi) is 8.12. The van der Waals surface area contributed by atoms with Gasteiger partial charge in [0.2, 0.25) is 5.91 Å². The topological polar surface area (TPSA) is 48.9 Å². The smallest absolute Gasteiger partial charge is 0.223 e. The van der Waals surface area contributed by atoms with Crippen LogP contribution in [0.25, 0.3) is 0 Å². The number of carbonyl (C=O) groups is 1. The highest BCUT2D eigenvalue weighted by Crippen LogP contribution is 2.36. The number of likely N-dealkylation sites (N-methyl/N-ethyl adjacent to an activating group) is 1. The zero-order chi connectivity index (χ0) is 24.1. The van der Waals surface area contributed by atoms with E-state index >= 15 is 0 Å². The van der Waals surface area contributed by atoms with Gasteiger partial charge in [0.15, 0.2) is 0 Å². The number of aromatic nitrogens is 1. The zero-order valence-electron chi connectivity index (χ0n) is 20.7. The van der Waals surface area contributed by atoms with Crippen LogP contribution in [0.2, 0.25) is 5.02 Å². The SMILES string of the molecule is Cc1cc(OCC2(CC(=O)N3CCN(C)CC3)CCCN(Cc3ncccc3C)C2)ccc1Cl. The minimum Gasteiger partial charge on any atom is -0.493 e. The molecule has 0 N–H and O–H groups in total. The molecular formula is C27H37ClN4O2. The second kappa shape index (κ2) is 11.1. The Morgan fingerprint density at radius 2 is 1.91 bits per heavy atom. The number of amides is 1. The molecule has 184 valence electrons. The molecule has 6 nitrogen and oxygen atoms in total. The van der Waals surface area contributed by atoms with Gasteiger partial charge in [0, 0.05) is 62.3 Å². The summed E-state index contributed by atoms with van der Waals surface area (Å²) in [6.07, 6.45) is 4.41. The maximum absolute atomic E-state index is 13.4. The fourth-order valence-corrected chi connectivity index (χ4v) is 5.20. The van der Waals surface area contributed by atoms with Crippen molar-refractivity contribution in [1.29, 1.82) is 0 Å². The Balaban J connectivity index is 1.50. The zero-order valence-corrected chi connectivity index (χ0v) is 21.5. The number of hydrogen-bond donors (Lipinski definition) is 0. The van der Waals surface area contributed by atoms with Crippen molar-refractivity contribution in [2.24, 2.45) is 5.41 Å². The third-order valence-electron chi connectivity index (χ3n) is 7.29. The summed E-state index contributed by atoms with van der Waals surface area (Å²) >= 11 is 6.21. The molecule has 1 atom stereocenters. The number of ether oxygens (including phenoxy) is 1. The summed E-state index contributed by atoms with van der Waals surface area (Å²) in [6, 6.07) is 9.88. The van der Waals surface area contributed by atoms with Gasteiger partial charge in [-0.3, -0.25) is 14.7 Å². The Morgan fingerprint density at radius 3 is 2.65 bits per heavy atom. The second-order valence-electron chi connectivity index (χ2n) is 10.1. The Hall–Kier alpha value is -2.15. The molecule has 0 bridgehead atoms. The van der Waals surface area contributed by atoms with E-state index in [2.05, 4.69) is 34.8 Å². The lowest BCUT2D eigenvalue weighted by Crippen LogP contribution is -2.52. The first-order valence-corrected chi connectivity index (χ1v) is 12.7. The summed E-state index contributed by atoms with van der Waals surface area (Å²) in [4.78, 5) is 24.8. The monoisotopic (exact) mass is 484 g/mol. The lowest BCUT2D eigenvalue weighted by Gasteiger charge is -2.43. The van der Waals surface area contributed by atoms with E-state index in [0.29, 0.717) is 13.0 Å². The van der Waals surface area contributed by atoms with Crippen LogP contribution < -0.4 is 4.74 Å². The van der Waals surface area contributed by atoms with E-state index in [1.54, 1.807) is 0 Å². The van der Waals surface area contributed by atoms with Gasteiger partial charge in [-0.05, 0) is 75.7 Å². The van der Waals surface area contributed by atoms with Gasteiger partial charge in [0.1, 0.15) is 5.75 Å². The summed E-state index contributed by atoms with van der Waals surface area (Å²) < 4.78 is 6.33. The molecule has 2 aliphatic heterocycles. The number of rotatable bonds is 7. The number of piperazine rings is 1. The fourth-order valence-electron chi connectivity index (χ4n) is 5.09. The van der Waals surface area contributed by atoms with Gasteiger partial charge < -0.3 is 14.5 Å². The maximum atomic E-state index is 13.4. The van der Waals surface area contributed by atoms with E-state index < -0.39 is 0 Å². The van der Waals surface area contributed by atoms with Crippen LogP contribution in [0, 0.1) is 19.3 Å². The Labute approximate surface area is 208 Å². The predicted molar refractivity (Wildman–Crippen MR) is 136 cm³/mol. The van der Waals surface area contributed by atoms with Crippen molar-refractivity contribution in [3.05, 3.63) is 58.4 Å². The second-order valence-corrected chi connectivity index (χ2v) is 10.5. The third-order valence-corrected chi connectivity index (χ3v) is 7.71. The molecule has 1 unspecified atom stereocenters. The highest BCUT2D eigenvalue weighted by Gasteiger charge is 2.40. The van der Waals surface area contributed by atoms with E-state index in [4.69, 9.17) is 16.3 Å². The lowest BCUT2D eigenvalue weighted by molar-refractivity contribution is -0.137. The van der Waals surface area contributed by atoms with Crippen LogP contribution in [0.1, 0.15) is 36.1 Å². The quantitative estimate of drug-likeness (QED) is 0.590. The van der Waals surface area contributed by atoms with Crippen molar-refractivity contribution >= 4 is 17.5 Å². The van der Waals surface area contributed by atoms with Crippen molar-refractivity contribution in [2.45, 2.75) is 39.7 Å². The molecule has 7 heteroatoms. The van der Waals surface area contributed by atoms with E-state index in [-0.39, 0.29) is 11.3 Å². The van der Waals surface area contributed by atoms with E-state index in [9.17, 15) is 4.79 Å². The minimum atomic E-state index is -0.227. The molecule has 2 saturated heterocycles. The van der Waals surface area contributed by atoms with Crippen molar-refractivity contribution in [2.75, 3.05) is 52.9 Å². The summed E-state index contributed by atoms with van der Waals surface area (Å²) in [5.41, 5.74) is 3.09. The normalized spacial score (nSPS) is 22.1. The molecule has 1 amide bonds. The number of benzene rings is 1. The number of carbonyl (C=O) groups excluding carboxylic acids is 1. The summed E-state index contributed by atoms with van der Waals surface area (Å²) in [5, 5.41) is 0.738. The minimum absolute atomic E-state index is 0.227. The lowest BCUT2D eigenvalue weighted by atomic mass is 9.77. The summed E-state index contributed by atoms with van der Waals surface area (Å²) in [5.74, 6) is 1.06. The fraction of sp³-hybridized carbons (Fsp3) is 0.556. The number of aryl methyl sites for hydroxylation is 2. The standard InChI is InChI=1S/C27H37ClN4O2/c1-21-6-4-10-29-25(21)18-31-11-5-9-27(19-31,17-26(33)32-14-12-30(3)13-15-32)20-34-23-7-8-24(28)22(2)16-23/h4,6-8,10,16H,5,9,11-15,17-20H2,1-3H3. The van der Waals surface area contributed by atoms with Crippen molar-refractivity contribution in [3.63, 3.8) is 0 Å². The predicted octanol–water partition coefficient (Wildman–Crippen LogP) is 4.18. The van der Waals surface area contributed by atoms with Crippen molar-refractivity contribution < 1.29 is 9.53 Å². The third kappa shape index (κ3) is 6.29. The number of likely N-dealkylation sites (tertiary alicyclic amines) is 1. The van der Waals surface area contributed by atoms with Crippen LogP contribution in [0.4, 0.5) is 0 Å². The molecular weight excluding hydrogens is 448 g/mol. The molecule has 34 heavy (non-hydrogen) atoms. The molecule has 0 radical (unpaired) electrons. The van der Waals surface area contributed by atoms with Crippen LogP contribution in [0.3, 0.4) is 0 Å². The molecule has 4 rings (SSSR count). The van der Waals surface area contributed by atoms with E-state index in [1.807, 2.05) is 42.3 Å². The molecule has 3 heterocycles. The number of pyridine rings is 1. The number of halogens is 1. The van der Waals surface area contributed by atoms with Gasteiger partial charge in [0.25, 0.3) is 0 Å². The van der Waals surface area contributed by atoms with Gasteiger partial charge in [-0.2, -0.15) is 0 Å². The molecule has 2 fully saturated rings. The van der Waals surface area contributed by atoms with Crippen LogP contribution in [0.15, 0.2) is 36.5 Å². The van der Waals surface area contributed by atoms with Gasteiger partial charge >= 0.3 is 0 Å². The van der Waals surface area contributed by atoms with Gasteiger partial charge in [-0.15, -0.1) is 0 Å². The summed E-state index contributed by atoms with van der Waals surface area (Å²) in [6.45, 7) is 10.7. The first-order valence-electron chi connectivity index (χ1n) is 12.3. The molecule has 0 aliphatic carbocycles. The number of nitrogens with zero attached hydrogens (tertiary/aromatic N) is 4. The molecule has 0 spiro atoms. The first kappa shape index (κ1) is 25.0. The molecule has 0 saturated carbocycles. The van der Waals surface area contributed by atoms with E-state index in [1.165, 1.54) is 5.56 Å². The van der Waals surface area contributed by atoms with Crippen LogP contribution in [-0.4, -0.2) is 78.5 Å². The van der Waals surface area contributed by atoms with Crippen molar-refractivity contribution in [3.8, 4) is 5.75 Å². The highest BCUT2D eigenvalue weighted by atomic mass is 35.5. The van der Waals surface area contributed by atoms with Gasteiger partial charge in [-0.25, -0.2) is 0 Å². The van der Waals surface area contributed by atoms with Crippen LogP contribution in [0.5, 0.6) is 5.75 Å². The van der Waals surface area contributed by atoms with Crippen LogP contribution >= 0.6 is 11.6 Å². The number of piperidine rings is 1. The summed E-state index contributed by atoms with van der Waals surface area (Å²) in [7, 11) is 2.11. The first-order chi connectivity index (χ1) is 16.3. The molecule has 2 aliphatic rings. The number of hydrogen-bond acceptors (Lipinski definition) is 5. The largest absolute Gasteiger partial charge is 0.493 e. The van der Waals surface area contributed by atoms with E-state index in [0.717, 1.165) is 80.7 Å². The van der Waals surface area contributed by atoms with Gasteiger partial charge in [-0.1, -0.05) is 17.7 Å². The highest BCUT2D eigenvalue weighted by molar-refractivity contribution is 6.31. The molecule has 2 aromatic rings. The van der Waals surface area contributed by atoms with Gasteiger partial charge in [0.05, 0.1) is 12.3 Å². The Bertz CT molecular complexity index is 992. The average molecular weight is 485 g/mol. The maximum Gasteiger partial charge on any atom is 0.223 e. The molecule has 1 aromatic carbocycles. The average Bonchev–Trinajstić information content (AvgIpc) is 2.82. The Morgan fingerprint density at radius 1 is 1.12 bits per heavy atom.